The fourth-order valence-electron chi connectivity index (χ4n) is 4.43. The lowest BCUT2D eigenvalue weighted by Crippen LogP contribution is -1.90. The molecule has 0 saturated heterocycles. The maximum absolute atomic E-state index is 15.1. The van der Waals surface area contributed by atoms with E-state index in [0.29, 0.717) is 17.2 Å². The van der Waals surface area contributed by atoms with Crippen LogP contribution in [0.15, 0.2) is 54.7 Å². The maximum atomic E-state index is 15.1. The summed E-state index contributed by atoms with van der Waals surface area (Å²) in [7, 11) is 0. The van der Waals surface area contributed by atoms with Crippen LogP contribution in [-0.4, -0.2) is 19.9 Å². The number of imidazole rings is 2. The van der Waals surface area contributed by atoms with Gasteiger partial charge in [0.1, 0.15) is 17.5 Å². The molecule has 0 aliphatic carbocycles. The molecule has 3 aromatic heterocycles. The van der Waals surface area contributed by atoms with Gasteiger partial charge in [0.05, 0.1) is 22.9 Å². The van der Waals surface area contributed by atoms with Crippen LogP contribution < -0.4 is 0 Å². The second-order valence-corrected chi connectivity index (χ2v) is 10.6. The van der Waals surface area contributed by atoms with Gasteiger partial charge in [-0.25, -0.2) is 14.4 Å². The summed E-state index contributed by atoms with van der Waals surface area (Å²) in [6.45, 7) is 8.41. The number of benzene rings is 3. The van der Waals surface area contributed by atoms with Crippen LogP contribution >= 0.6 is 11.3 Å². The van der Waals surface area contributed by atoms with Crippen LogP contribution in [0.4, 0.5) is 4.39 Å². The highest BCUT2D eigenvalue weighted by Gasteiger charge is 2.14. The number of H-pyrrole nitrogens is 2. The van der Waals surface area contributed by atoms with Gasteiger partial charge in [-0.1, -0.05) is 45.9 Å². The monoisotopic (exact) mass is 468 g/mol. The van der Waals surface area contributed by atoms with Crippen LogP contribution in [0.25, 0.3) is 53.6 Å². The Morgan fingerprint density at radius 1 is 0.794 bits per heavy atom. The van der Waals surface area contributed by atoms with Gasteiger partial charge in [-0.2, -0.15) is 0 Å². The van der Waals surface area contributed by atoms with E-state index in [1.807, 2.05) is 12.1 Å². The Balaban J connectivity index is 1.39. The van der Waals surface area contributed by atoms with Crippen LogP contribution in [0.5, 0.6) is 0 Å². The quantitative estimate of drug-likeness (QED) is 0.273. The van der Waals surface area contributed by atoms with E-state index in [1.165, 1.54) is 20.2 Å². The number of nitrogens with one attached hydrogen (secondary N) is 2. The Morgan fingerprint density at radius 2 is 1.53 bits per heavy atom. The molecule has 3 heterocycles. The molecule has 0 aliphatic heterocycles. The number of nitrogens with zero attached hydrogens (tertiary/aromatic N) is 2. The van der Waals surface area contributed by atoms with E-state index >= 15 is 4.39 Å². The molecule has 4 nitrogen and oxygen atoms in total. The van der Waals surface area contributed by atoms with Crippen molar-refractivity contribution in [3.05, 3.63) is 72.2 Å². The van der Waals surface area contributed by atoms with Crippen molar-refractivity contribution in [2.24, 2.45) is 0 Å². The van der Waals surface area contributed by atoms with E-state index in [1.54, 1.807) is 23.6 Å². The summed E-state index contributed by atoms with van der Waals surface area (Å²) in [6, 6.07) is 16.2. The molecule has 0 aliphatic rings. The third-order valence-corrected chi connectivity index (χ3v) is 7.49. The molecule has 0 saturated carbocycles. The van der Waals surface area contributed by atoms with Gasteiger partial charge in [0.15, 0.2) is 0 Å². The topological polar surface area (TPSA) is 57.4 Å². The predicted molar refractivity (Wildman–Crippen MR) is 140 cm³/mol. The molecule has 0 bridgehead atoms. The molecule has 6 aromatic rings. The number of hydrogen-bond acceptors (Lipinski definition) is 3. The Bertz CT molecular complexity index is 1690. The van der Waals surface area contributed by atoms with Gasteiger partial charge in [0, 0.05) is 37.6 Å². The van der Waals surface area contributed by atoms with Crippen molar-refractivity contribution < 1.29 is 4.39 Å². The van der Waals surface area contributed by atoms with Crippen molar-refractivity contribution in [2.45, 2.75) is 39.5 Å². The van der Waals surface area contributed by atoms with Crippen molar-refractivity contribution in [1.82, 2.24) is 19.9 Å². The Hall–Kier alpha value is -3.51. The first-order valence-electron chi connectivity index (χ1n) is 11.6. The van der Waals surface area contributed by atoms with Crippen molar-refractivity contribution in [2.75, 3.05) is 0 Å². The van der Waals surface area contributed by atoms with E-state index in [9.17, 15) is 0 Å². The van der Waals surface area contributed by atoms with Crippen molar-refractivity contribution in [1.29, 1.82) is 0 Å². The molecule has 0 spiro atoms. The summed E-state index contributed by atoms with van der Waals surface area (Å²) in [6.07, 6.45) is 1.71. The lowest BCUT2D eigenvalue weighted by Gasteiger charge is -2.06. The summed E-state index contributed by atoms with van der Waals surface area (Å²) in [5.74, 6) is 2.25. The van der Waals surface area contributed by atoms with Gasteiger partial charge >= 0.3 is 0 Å². The molecule has 170 valence electrons. The first-order chi connectivity index (χ1) is 16.4. The molecule has 0 fully saturated rings. The minimum Gasteiger partial charge on any atom is -0.342 e. The SMILES string of the molecule is CC(C)c1ncc(-c2ccc(-c3ccc4c(c3)sc3cc5nc(C(C)C)[nH]c5cc34)cc2F)[nH]1. The second kappa shape index (κ2) is 7.77. The number of aromatic amines is 2. The molecule has 3 aromatic carbocycles. The van der Waals surface area contributed by atoms with E-state index < -0.39 is 0 Å². The zero-order chi connectivity index (χ0) is 23.6. The lowest BCUT2D eigenvalue weighted by atomic mass is 10.0. The van der Waals surface area contributed by atoms with Gasteiger partial charge in [0.25, 0.3) is 0 Å². The number of halogens is 1. The molecule has 0 unspecified atom stereocenters. The first kappa shape index (κ1) is 21.1. The average Bonchev–Trinajstić information content (AvgIpc) is 3.53. The lowest BCUT2D eigenvalue weighted by molar-refractivity contribution is 0.631. The van der Waals surface area contributed by atoms with E-state index in [4.69, 9.17) is 4.98 Å². The summed E-state index contributed by atoms with van der Waals surface area (Å²) < 4.78 is 17.5. The highest BCUT2D eigenvalue weighted by molar-refractivity contribution is 7.25. The fourth-order valence-corrected chi connectivity index (χ4v) is 5.59. The highest BCUT2D eigenvalue weighted by Crippen LogP contribution is 2.39. The van der Waals surface area contributed by atoms with E-state index in [0.717, 1.165) is 33.8 Å². The molecule has 6 heteroatoms. The first-order valence-corrected chi connectivity index (χ1v) is 12.4. The summed E-state index contributed by atoms with van der Waals surface area (Å²) >= 11 is 1.75. The minimum atomic E-state index is -0.255. The number of aromatic nitrogens is 4. The molecular formula is C28H25FN4S. The van der Waals surface area contributed by atoms with Crippen LogP contribution in [-0.2, 0) is 0 Å². The number of hydrogen-bond donors (Lipinski definition) is 2. The number of thiophene rings is 1. The Labute approximate surface area is 200 Å². The molecule has 0 radical (unpaired) electrons. The molecule has 34 heavy (non-hydrogen) atoms. The predicted octanol–water partition coefficient (Wildman–Crippen LogP) is 8.37. The molecule has 2 N–H and O–H groups in total. The smallest absolute Gasteiger partial charge is 0.133 e. The molecule has 6 rings (SSSR count). The van der Waals surface area contributed by atoms with Gasteiger partial charge in [0.2, 0.25) is 0 Å². The number of fused-ring (bicyclic) bond motifs is 4. The van der Waals surface area contributed by atoms with Crippen molar-refractivity contribution in [3.63, 3.8) is 0 Å². The second-order valence-electron chi connectivity index (χ2n) is 9.49. The zero-order valence-electron chi connectivity index (χ0n) is 19.5. The fraction of sp³-hybridized carbons (Fsp3) is 0.214. The van der Waals surface area contributed by atoms with Crippen LogP contribution in [0.3, 0.4) is 0 Å². The third kappa shape index (κ3) is 3.41. The van der Waals surface area contributed by atoms with Gasteiger partial charge < -0.3 is 9.97 Å². The highest BCUT2D eigenvalue weighted by atomic mass is 32.1. The Kier molecular flexibility index (Phi) is 4.81. The summed E-state index contributed by atoms with van der Waals surface area (Å²) in [5.41, 5.74) is 5.17. The molecular weight excluding hydrogens is 443 g/mol. The summed E-state index contributed by atoms with van der Waals surface area (Å²) in [4.78, 5) is 15.8. The molecule has 0 atom stereocenters. The van der Waals surface area contributed by atoms with Crippen LogP contribution in [0.2, 0.25) is 0 Å². The average molecular weight is 469 g/mol. The Morgan fingerprint density at radius 3 is 2.26 bits per heavy atom. The van der Waals surface area contributed by atoms with Crippen LogP contribution in [0.1, 0.15) is 51.2 Å². The standard InChI is InChI=1S/C28H25FN4S/c1-14(2)27-30-13-24(33-27)19-8-6-16(9-21(19)29)17-5-7-18-20-11-22-23(32-28(31-22)15(3)4)12-26(20)34-25(18)10-17/h5-15H,1-4H3,(H,30,33)(H,31,32). The molecule has 0 amide bonds. The van der Waals surface area contributed by atoms with E-state index in [-0.39, 0.29) is 11.7 Å². The number of rotatable bonds is 4. The van der Waals surface area contributed by atoms with Crippen molar-refractivity contribution in [3.8, 4) is 22.4 Å². The van der Waals surface area contributed by atoms with Gasteiger partial charge in [-0.15, -0.1) is 11.3 Å². The third-order valence-electron chi connectivity index (χ3n) is 6.38. The van der Waals surface area contributed by atoms with Crippen LogP contribution in [0, 0.1) is 5.82 Å². The van der Waals surface area contributed by atoms with Gasteiger partial charge in [-0.3, -0.25) is 0 Å². The van der Waals surface area contributed by atoms with Crippen molar-refractivity contribution >= 4 is 42.5 Å². The largest absolute Gasteiger partial charge is 0.342 e. The minimum absolute atomic E-state index is 0.255. The summed E-state index contributed by atoms with van der Waals surface area (Å²) in [5, 5.41) is 2.43. The van der Waals surface area contributed by atoms with Gasteiger partial charge in [-0.05, 0) is 41.5 Å². The van der Waals surface area contributed by atoms with E-state index in [2.05, 4.69) is 73.0 Å². The maximum Gasteiger partial charge on any atom is 0.133 e. The normalized spacial score (nSPS) is 12.2. The zero-order valence-corrected chi connectivity index (χ0v) is 20.3.